The molecule has 5 rings (SSSR count). The lowest BCUT2D eigenvalue weighted by molar-refractivity contribution is 0.0767. The van der Waals surface area contributed by atoms with Crippen LogP contribution in [0.15, 0.2) is 41.9 Å². The van der Waals surface area contributed by atoms with Crippen molar-refractivity contribution >= 4 is 5.96 Å². The summed E-state index contributed by atoms with van der Waals surface area (Å²) in [6, 6.07) is 5.29. The van der Waals surface area contributed by atoms with Crippen LogP contribution in [0.3, 0.4) is 0 Å². The summed E-state index contributed by atoms with van der Waals surface area (Å²) >= 11 is 0. The van der Waals surface area contributed by atoms with Gasteiger partial charge in [0.25, 0.3) is 0 Å². The van der Waals surface area contributed by atoms with Crippen molar-refractivity contribution in [2.45, 2.75) is 31.6 Å². The SMILES string of the molecule is CN=C(NCc1ccc(-n2ccnc2)c(F)c1)N1CC2C3CCC(O3)C2C1. The molecule has 1 aromatic heterocycles. The van der Waals surface area contributed by atoms with E-state index in [0.29, 0.717) is 36.3 Å². The van der Waals surface area contributed by atoms with Crippen LogP contribution in [0, 0.1) is 17.7 Å². The third-order valence-corrected chi connectivity index (χ3v) is 6.21. The van der Waals surface area contributed by atoms with E-state index in [1.54, 1.807) is 35.4 Å². The molecule has 4 unspecified atom stereocenters. The highest BCUT2D eigenvalue weighted by atomic mass is 19.1. The average Bonchev–Trinajstić information content (AvgIpc) is 3.44. The van der Waals surface area contributed by atoms with Crippen LogP contribution in [0.4, 0.5) is 4.39 Å². The summed E-state index contributed by atoms with van der Waals surface area (Å²) in [6.07, 6.45) is 8.25. The van der Waals surface area contributed by atoms with Gasteiger partial charge in [-0.15, -0.1) is 0 Å². The number of hydrogen-bond donors (Lipinski definition) is 1. The summed E-state index contributed by atoms with van der Waals surface area (Å²) in [5.74, 6) is 1.90. The van der Waals surface area contributed by atoms with Crippen LogP contribution < -0.4 is 5.32 Å². The molecule has 3 fully saturated rings. The Kier molecular flexibility index (Phi) is 4.11. The Morgan fingerprint density at radius 3 is 2.70 bits per heavy atom. The van der Waals surface area contributed by atoms with Crippen LogP contribution in [0.5, 0.6) is 0 Å². The van der Waals surface area contributed by atoms with Crippen molar-refractivity contribution < 1.29 is 9.13 Å². The van der Waals surface area contributed by atoms with Crippen molar-refractivity contribution in [2.24, 2.45) is 16.8 Å². The molecule has 1 aromatic carbocycles. The van der Waals surface area contributed by atoms with Crippen molar-refractivity contribution in [3.05, 3.63) is 48.3 Å². The van der Waals surface area contributed by atoms with Gasteiger partial charge < -0.3 is 19.5 Å². The molecule has 4 heterocycles. The molecule has 3 saturated heterocycles. The van der Waals surface area contributed by atoms with Gasteiger partial charge in [-0.3, -0.25) is 4.99 Å². The molecule has 2 bridgehead atoms. The van der Waals surface area contributed by atoms with E-state index >= 15 is 0 Å². The van der Waals surface area contributed by atoms with E-state index in [1.807, 2.05) is 13.1 Å². The second kappa shape index (κ2) is 6.64. The Hall–Kier alpha value is -2.41. The Labute approximate surface area is 158 Å². The van der Waals surface area contributed by atoms with Gasteiger partial charge in [0.15, 0.2) is 5.96 Å². The number of ether oxygens (including phenoxy) is 1. The maximum Gasteiger partial charge on any atom is 0.193 e. The number of likely N-dealkylation sites (tertiary alicyclic amines) is 1. The van der Waals surface area contributed by atoms with Gasteiger partial charge in [-0.2, -0.15) is 0 Å². The maximum absolute atomic E-state index is 14.4. The lowest BCUT2D eigenvalue weighted by atomic mass is 9.82. The van der Waals surface area contributed by atoms with E-state index in [2.05, 4.69) is 20.2 Å². The highest BCUT2D eigenvalue weighted by Crippen LogP contribution is 2.47. The predicted molar refractivity (Wildman–Crippen MR) is 100 cm³/mol. The van der Waals surface area contributed by atoms with Gasteiger partial charge in [0, 0.05) is 50.9 Å². The minimum absolute atomic E-state index is 0.258. The number of nitrogens with zero attached hydrogens (tertiary/aromatic N) is 4. The number of aromatic nitrogens is 2. The van der Waals surface area contributed by atoms with Crippen LogP contribution >= 0.6 is 0 Å². The summed E-state index contributed by atoms with van der Waals surface area (Å²) in [5.41, 5.74) is 1.39. The van der Waals surface area contributed by atoms with Gasteiger partial charge in [-0.05, 0) is 30.5 Å². The fourth-order valence-corrected chi connectivity index (χ4v) is 4.92. The van der Waals surface area contributed by atoms with Crippen LogP contribution in [0.2, 0.25) is 0 Å². The molecule has 142 valence electrons. The number of benzene rings is 1. The molecule has 0 radical (unpaired) electrons. The molecule has 4 atom stereocenters. The number of halogens is 1. The first-order valence-electron chi connectivity index (χ1n) is 9.61. The van der Waals surface area contributed by atoms with E-state index in [1.165, 1.54) is 12.8 Å². The number of hydrogen-bond acceptors (Lipinski definition) is 3. The second-order valence-electron chi connectivity index (χ2n) is 7.68. The molecule has 0 amide bonds. The number of nitrogens with one attached hydrogen (secondary N) is 1. The largest absolute Gasteiger partial charge is 0.374 e. The molecule has 0 saturated carbocycles. The monoisotopic (exact) mass is 369 g/mol. The predicted octanol–water partition coefficient (Wildman–Crippen LogP) is 2.20. The van der Waals surface area contributed by atoms with Gasteiger partial charge in [0.1, 0.15) is 5.82 Å². The summed E-state index contributed by atoms with van der Waals surface area (Å²) in [4.78, 5) is 10.8. The third-order valence-electron chi connectivity index (χ3n) is 6.21. The Morgan fingerprint density at radius 2 is 2.07 bits per heavy atom. The third kappa shape index (κ3) is 2.90. The lowest BCUT2D eigenvalue weighted by Gasteiger charge is -2.23. The molecular formula is C20H24FN5O. The fraction of sp³-hybridized carbons (Fsp3) is 0.500. The molecular weight excluding hydrogens is 345 g/mol. The van der Waals surface area contributed by atoms with Crippen LogP contribution in [0.25, 0.3) is 5.69 Å². The Morgan fingerprint density at radius 1 is 1.30 bits per heavy atom. The molecule has 3 aliphatic rings. The Bertz CT molecular complexity index is 834. The fourth-order valence-electron chi connectivity index (χ4n) is 4.92. The van der Waals surface area contributed by atoms with Gasteiger partial charge in [-0.1, -0.05) is 6.07 Å². The van der Waals surface area contributed by atoms with E-state index < -0.39 is 0 Å². The van der Waals surface area contributed by atoms with Crippen molar-refractivity contribution in [3.8, 4) is 5.69 Å². The molecule has 7 heteroatoms. The Balaban J connectivity index is 1.24. The van der Waals surface area contributed by atoms with E-state index in [4.69, 9.17) is 4.74 Å². The molecule has 2 aromatic rings. The first kappa shape index (κ1) is 16.7. The topological polar surface area (TPSA) is 54.7 Å². The van der Waals surface area contributed by atoms with Crippen molar-refractivity contribution in [1.29, 1.82) is 0 Å². The number of rotatable bonds is 3. The summed E-state index contributed by atoms with van der Waals surface area (Å²) in [5, 5.41) is 3.40. The van der Waals surface area contributed by atoms with Crippen molar-refractivity contribution in [1.82, 2.24) is 19.8 Å². The second-order valence-corrected chi connectivity index (χ2v) is 7.68. The van der Waals surface area contributed by atoms with E-state index in [-0.39, 0.29) is 5.82 Å². The van der Waals surface area contributed by atoms with Crippen LogP contribution in [0.1, 0.15) is 18.4 Å². The van der Waals surface area contributed by atoms with E-state index in [0.717, 1.165) is 24.6 Å². The number of imidazole rings is 1. The zero-order valence-electron chi connectivity index (χ0n) is 15.4. The van der Waals surface area contributed by atoms with Gasteiger partial charge in [-0.25, -0.2) is 9.37 Å². The smallest absolute Gasteiger partial charge is 0.193 e. The van der Waals surface area contributed by atoms with Crippen molar-refractivity contribution in [2.75, 3.05) is 20.1 Å². The summed E-state index contributed by atoms with van der Waals surface area (Å²) < 4.78 is 22.2. The van der Waals surface area contributed by atoms with Gasteiger partial charge in [0.2, 0.25) is 0 Å². The number of guanidine groups is 1. The highest BCUT2D eigenvalue weighted by Gasteiger charge is 2.53. The average molecular weight is 369 g/mol. The first-order valence-corrected chi connectivity index (χ1v) is 9.61. The van der Waals surface area contributed by atoms with Crippen LogP contribution in [-0.4, -0.2) is 52.8 Å². The maximum atomic E-state index is 14.4. The highest BCUT2D eigenvalue weighted by molar-refractivity contribution is 5.80. The zero-order valence-corrected chi connectivity index (χ0v) is 15.4. The number of aliphatic imine (C=N–C) groups is 1. The van der Waals surface area contributed by atoms with Gasteiger partial charge in [0.05, 0.1) is 24.2 Å². The van der Waals surface area contributed by atoms with Gasteiger partial charge >= 0.3 is 0 Å². The van der Waals surface area contributed by atoms with E-state index in [9.17, 15) is 4.39 Å². The zero-order chi connectivity index (χ0) is 18.4. The molecule has 27 heavy (non-hydrogen) atoms. The summed E-state index contributed by atoms with van der Waals surface area (Å²) in [7, 11) is 1.81. The molecule has 0 aliphatic carbocycles. The summed E-state index contributed by atoms with van der Waals surface area (Å²) in [6.45, 7) is 2.54. The molecule has 1 N–H and O–H groups in total. The molecule has 0 spiro atoms. The minimum atomic E-state index is -0.258. The normalized spacial score (nSPS) is 29.4. The number of fused-ring (bicyclic) bond motifs is 5. The quantitative estimate of drug-likeness (QED) is 0.666. The standard InChI is InChI=1S/C20H24FN5O/c1-22-20(26-10-14-15(11-26)19-5-4-18(14)27-19)24-9-13-2-3-17(16(21)8-13)25-7-6-23-12-25/h2-3,6-8,12,14-15,18-19H,4-5,9-11H2,1H3,(H,22,24). The van der Waals surface area contributed by atoms with Crippen LogP contribution in [-0.2, 0) is 11.3 Å². The molecule has 3 aliphatic heterocycles. The first-order chi connectivity index (χ1) is 13.2. The minimum Gasteiger partial charge on any atom is -0.374 e. The van der Waals surface area contributed by atoms with Crippen molar-refractivity contribution in [3.63, 3.8) is 0 Å². The molecule has 6 nitrogen and oxygen atoms in total. The lowest BCUT2D eigenvalue weighted by Crippen LogP contribution is -2.41.